The highest BCUT2D eigenvalue weighted by molar-refractivity contribution is 5.99. The highest BCUT2D eigenvalue weighted by Gasteiger charge is 2.19. The van der Waals surface area contributed by atoms with Crippen molar-refractivity contribution in [3.63, 3.8) is 0 Å². The van der Waals surface area contributed by atoms with Gasteiger partial charge < -0.3 is 10.6 Å². The van der Waals surface area contributed by atoms with Gasteiger partial charge in [0.25, 0.3) is 0 Å². The van der Waals surface area contributed by atoms with Gasteiger partial charge in [-0.25, -0.2) is 4.39 Å². The molecule has 1 heterocycles. The number of nitrogens with one attached hydrogen (secondary N) is 2. The maximum atomic E-state index is 13.9. The minimum atomic E-state index is -0.327. The lowest BCUT2D eigenvalue weighted by Gasteiger charge is -2.10. The molecule has 1 aliphatic heterocycles. The average Bonchev–Trinajstić information content (AvgIpc) is 2.77. The topological polar surface area (TPSA) is 41.1 Å². The minimum Gasteiger partial charge on any atom is -0.379 e. The van der Waals surface area contributed by atoms with Gasteiger partial charge >= 0.3 is 0 Å². The van der Waals surface area contributed by atoms with Gasteiger partial charge in [0.15, 0.2) is 0 Å². The van der Waals surface area contributed by atoms with Crippen LogP contribution in [-0.2, 0) is 17.8 Å². The van der Waals surface area contributed by atoms with E-state index in [1.165, 1.54) is 11.6 Å². The van der Waals surface area contributed by atoms with Gasteiger partial charge in [0.2, 0.25) is 5.91 Å². The Bertz CT molecular complexity index is 665. The van der Waals surface area contributed by atoms with Crippen LogP contribution in [-0.4, -0.2) is 5.91 Å². The fourth-order valence-corrected chi connectivity index (χ4v) is 2.28. The van der Waals surface area contributed by atoms with Gasteiger partial charge in [-0.2, -0.15) is 0 Å². The number of carbonyl (C=O) groups excluding carboxylic acids is 1. The summed E-state index contributed by atoms with van der Waals surface area (Å²) in [7, 11) is 0. The molecule has 0 bridgehead atoms. The van der Waals surface area contributed by atoms with Crippen LogP contribution in [0, 0.1) is 12.7 Å². The van der Waals surface area contributed by atoms with E-state index in [1.807, 2.05) is 31.2 Å². The molecule has 0 aliphatic carbocycles. The average molecular weight is 270 g/mol. The standard InChI is InChI=1S/C16H15FN2O/c1-10-2-4-11(5-3-10)9-18-15-8-14-12(6-13(15)17)7-16(20)19-14/h2-6,8,18H,7,9H2,1H3,(H,19,20). The number of hydrogen-bond donors (Lipinski definition) is 2. The van der Waals surface area contributed by atoms with Crippen LogP contribution in [0.4, 0.5) is 15.8 Å². The van der Waals surface area contributed by atoms with Crippen LogP contribution in [0.25, 0.3) is 0 Å². The zero-order valence-corrected chi connectivity index (χ0v) is 11.2. The number of carbonyl (C=O) groups is 1. The van der Waals surface area contributed by atoms with Gasteiger partial charge in [-0.05, 0) is 30.2 Å². The Kier molecular flexibility index (Phi) is 3.14. The third-order valence-electron chi connectivity index (χ3n) is 3.42. The van der Waals surface area contributed by atoms with Crippen molar-refractivity contribution in [3.8, 4) is 0 Å². The molecule has 2 N–H and O–H groups in total. The second-order valence-corrected chi connectivity index (χ2v) is 5.05. The number of fused-ring (bicyclic) bond motifs is 1. The lowest BCUT2D eigenvalue weighted by Crippen LogP contribution is -2.04. The molecule has 1 amide bonds. The van der Waals surface area contributed by atoms with Crippen molar-refractivity contribution in [3.05, 3.63) is 58.9 Å². The van der Waals surface area contributed by atoms with Gasteiger partial charge in [0, 0.05) is 12.2 Å². The molecular weight excluding hydrogens is 255 g/mol. The Hall–Kier alpha value is -2.36. The van der Waals surface area contributed by atoms with Gasteiger partial charge in [0.05, 0.1) is 12.1 Å². The van der Waals surface area contributed by atoms with Crippen molar-refractivity contribution in [1.82, 2.24) is 0 Å². The molecule has 0 aromatic heterocycles. The molecule has 3 rings (SSSR count). The molecule has 0 saturated heterocycles. The molecule has 102 valence electrons. The van der Waals surface area contributed by atoms with Gasteiger partial charge in [-0.3, -0.25) is 4.79 Å². The zero-order chi connectivity index (χ0) is 14.1. The first kappa shape index (κ1) is 12.7. The monoisotopic (exact) mass is 270 g/mol. The zero-order valence-electron chi connectivity index (χ0n) is 11.2. The van der Waals surface area contributed by atoms with Crippen LogP contribution in [0.2, 0.25) is 0 Å². The third kappa shape index (κ3) is 2.50. The van der Waals surface area contributed by atoms with Crippen molar-refractivity contribution in [2.75, 3.05) is 10.6 Å². The van der Waals surface area contributed by atoms with Gasteiger partial charge in [-0.1, -0.05) is 29.8 Å². The van der Waals surface area contributed by atoms with Crippen LogP contribution in [0.1, 0.15) is 16.7 Å². The number of anilines is 2. The molecule has 20 heavy (non-hydrogen) atoms. The van der Waals surface area contributed by atoms with E-state index in [9.17, 15) is 9.18 Å². The maximum absolute atomic E-state index is 13.9. The summed E-state index contributed by atoms with van der Waals surface area (Å²) in [5.41, 5.74) is 4.10. The minimum absolute atomic E-state index is 0.0879. The molecule has 0 saturated carbocycles. The molecule has 0 spiro atoms. The summed E-state index contributed by atoms with van der Waals surface area (Å²) in [5, 5.41) is 5.79. The van der Waals surface area contributed by atoms with Crippen molar-refractivity contribution < 1.29 is 9.18 Å². The first-order valence-electron chi connectivity index (χ1n) is 6.53. The van der Waals surface area contributed by atoms with Crippen molar-refractivity contribution in [2.45, 2.75) is 19.9 Å². The van der Waals surface area contributed by atoms with Crippen LogP contribution in [0.3, 0.4) is 0 Å². The molecule has 3 nitrogen and oxygen atoms in total. The van der Waals surface area contributed by atoms with Crippen molar-refractivity contribution in [2.24, 2.45) is 0 Å². The lowest BCUT2D eigenvalue weighted by molar-refractivity contribution is -0.115. The Labute approximate surface area is 116 Å². The summed E-state index contributed by atoms with van der Waals surface area (Å²) >= 11 is 0. The first-order valence-corrected chi connectivity index (χ1v) is 6.53. The predicted molar refractivity (Wildman–Crippen MR) is 77.2 cm³/mol. The highest BCUT2D eigenvalue weighted by atomic mass is 19.1. The first-order chi connectivity index (χ1) is 9.61. The highest BCUT2D eigenvalue weighted by Crippen LogP contribution is 2.29. The normalized spacial score (nSPS) is 13.0. The van der Waals surface area contributed by atoms with E-state index in [2.05, 4.69) is 10.6 Å². The van der Waals surface area contributed by atoms with Crippen LogP contribution < -0.4 is 10.6 Å². The van der Waals surface area contributed by atoms with Crippen LogP contribution in [0.15, 0.2) is 36.4 Å². The molecule has 0 unspecified atom stereocenters. The summed E-state index contributed by atoms with van der Waals surface area (Å²) in [6.45, 7) is 2.57. The molecule has 2 aromatic carbocycles. The molecule has 0 atom stereocenters. The van der Waals surface area contributed by atoms with E-state index in [-0.39, 0.29) is 18.1 Å². The van der Waals surface area contributed by atoms with E-state index < -0.39 is 0 Å². The molecular formula is C16H15FN2O. The number of benzene rings is 2. The van der Waals surface area contributed by atoms with E-state index in [1.54, 1.807) is 6.07 Å². The third-order valence-corrected chi connectivity index (χ3v) is 3.42. The number of hydrogen-bond acceptors (Lipinski definition) is 2. The number of halogens is 1. The van der Waals surface area contributed by atoms with Crippen LogP contribution in [0.5, 0.6) is 0 Å². The summed E-state index contributed by atoms with van der Waals surface area (Å²) in [5.74, 6) is -0.414. The summed E-state index contributed by atoms with van der Waals surface area (Å²) in [4.78, 5) is 11.3. The molecule has 0 fully saturated rings. The van der Waals surface area contributed by atoms with Gasteiger partial charge in [0.1, 0.15) is 5.82 Å². The molecule has 2 aromatic rings. The lowest BCUT2D eigenvalue weighted by atomic mass is 10.1. The van der Waals surface area contributed by atoms with E-state index >= 15 is 0 Å². The SMILES string of the molecule is Cc1ccc(CNc2cc3c(cc2F)CC(=O)N3)cc1. The number of amides is 1. The second-order valence-electron chi connectivity index (χ2n) is 5.05. The Morgan fingerprint density at radius 3 is 2.75 bits per heavy atom. The van der Waals surface area contributed by atoms with E-state index in [0.29, 0.717) is 23.5 Å². The summed E-state index contributed by atoms with van der Waals surface area (Å²) in [6, 6.07) is 11.1. The van der Waals surface area contributed by atoms with Crippen LogP contribution >= 0.6 is 0 Å². The van der Waals surface area contributed by atoms with Gasteiger partial charge in [-0.15, -0.1) is 0 Å². The number of aryl methyl sites for hydroxylation is 1. The van der Waals surface area contributed by atoms with Crippen molar-refractivity contribution >= 4 is 17.3 Å². The quantitative estimate of drug-likeness (QED) is 0.899. The van der Waals surface area contributed by atoms with Crippen molar-refractivity contribution in [1.29, 1.82) is 0 Å². The fraction of sp³-hybridized carbons (Fsp3) is 0.188. The number of rotatable bonds is 3. The predicted octanol–water partition coefficient (Wildman–Crippen LogP) is 3.24. The second kappa shape index (κ2) is 4.96. The summed E-state index contributed by atoms with van der Waals surface area (Å²) < 4.78 is 13.9. The smallest absolute Gasteiger partial charge is 0.228 e. The fourth-order valence-electron chi connectivity index (χ4n) is 2.28. The Balaban J connectivity index is 1.76. The van der Waals surface area contributed by atoms with E-state index in [0.717, 1.165) is 5.56 Å². The molecule has 0 radical (unpaired) electrons. The Morgan fingerprint density at radius 2 is 2.00 bits per heavy atom. The summed E-state index contributed by atoms with van der Waals surface area (Å²) in [6.07, 6.45) is 0.254. The maximum Gasteiger partial charge on any atom is 0.228 e. The molecule has 4 heteroatoms. The largest absolute Gasteiger partial charge is 0.379 e. The van der Waals surface area contributed by atoms with E-state index in [4.69, 9.17) is 0 Å². The Morgan fingerprint density at radius 1 is 1.25 bits per heavy atom. The molecule has 1 aliphatic rings.